The van der Waals surface area contributed by atoms with Crippen LogP contribution in [-0.4, -0.2) is 194 Å². The first kappa shape index (κ1) is 62.3. The summed E-state index contributed by atoms with van der Waals surface area (Å²) in [4.78, 5) is 71.6. The quantitative estimate of drug-likeness (QED) is 0.122. The molecule has 4 saturated heterocycles. The van der Waals surface area contributed by atoms with E-state index >= 15 is 0 Å². The van der Waals surface area contributed by atoms with Crippen molar-refractivity contribution < 1.29 is 76.8 Å². The number of ketones is 1. The molecule has 21 heteroatoms. The van der Waals surface area contributed by atoms with E-state index in [2.05, 4.69) is 10.2 Å². The molecule has 4 fully saturated rings. The number of aromatic nitrogens is 1. The number of Topliss-reactive ketones (excluding diaryl/α,β-unsaturated/α-hetero) is 1. The molecule has 6 heterocycles. The maximum absolute atomic E-state index is 14.8. The number of aliphatic hydroxyl groups excluding tert-OH is 1. The number of ether oxygens (including phenoxy) is 10. The van der Waals surface area contributed by atoms with Crippen LogP contribution in [0.3, 0.4) is 0 Å². The number of likely N-dealkylation sites (N-methyl/N-ethyl adjacent to an activating group) is 2. The number of carbonyl (C=O) groups is 4. The molecule has 1 amide bonds. The first-order valence-corrected chi connectivity index (χ1v) is 28.4. The Kier molecular flexibility index (Phi) is 20.1. The van der Waals surface area contributed by atoms with Crippen LogP contribution in [0, 0.1) is 23.7 Å². The number of aliphatic hydroxyl groups is 1. The molecule has 5 aliphatic heterocycles. The Balaban J connectivity index is 1.08. The van der Waals surface area contributed by atoms with Crippen molar-refractivity contribution in [3.8, 4) is 5.75 Å². The average molecular weight is 1120 g/mol. The molecule has 0 aliphatic carbocycles. The number of methoxy groups -OCH3 is 2. The Hall–Kier alpha value is -4.29. The standard InChI is InChI=1S/C58H90N4O17/c1-16-42-58(10)49(59-55(69)79-58)33(4)45(63)31(2)28-56(8,70-14)50(78-54-47(65)41(60(11)12)25-32(3)74-54)34(5)48(35(6)53(68)76-42)77-43-29-57(9,71-15)51(36(7)75-43)73-23-18-20-61(13)22-24-72-38-26-37-19-17-21-62-30-40(52(66)67)46(64)39(27-38)44(37)62/h26-27,30-36,41-43,47-51,54,65H,16-25,28-29H2,1-15H3,(H,59,69)(H,66,67)/t31-,32-,33-,34+,35-,36+,41+,42-,43+,47-,48+,49-,50-,51+,54+,56-,57-,58-/m1/s1. The van der Waals surface area contributed by atoms with Gasteiger partial charge in [-0.25, -0.2) is 9.59 Å². The van der Waals surface area contributed by atoms with Gasteiger partial charge in [0, 0.05) is 76.9 Å². The number of aromatic carboxylic acids is 1. The van der Waals surface area contributed by atoms with E-state index in [0.29, 0.717) is 56.8 Å². The van der Waals surface area contributed by atoms with Gasteiger partial charge in [0.25, 0.3) is 0 Å². The number of carboxylic acid groups (broad SMARTS) is 1. The van der Waals surface area contributed by atoms with Gasteiger partial charge in [-0.2, -0.15) is 0 Å². The van der Waals surface area contributed by atoms with Gasteiger partial charge in [0.1, 0.15) is 42.0 Å². The third kappa shape index (κ3) is 13.2. The van der Waals surface area contributed by atoms with Crippen molar-refractivity contribution >= 4 is 34.7 Å². The number of nitrogens with zero attached hydrogens (tertiary/aromatic N) is 3. The number of esters is 1. The van der Waals surface area contributed by atoms with E-state index in [-0.39, 0.29) is 42.8 Å². The van der Waals surface area contributed by atoms with Crippen molar-refractivity contribution in [2.24, 2.45) is 23.7 Å². The Labute approximate surface area is 465 Å². The number of fused-ring (bicyclic) bond motifs is 1. The predicted molar refractivity (Wildman–Crippen MR) is 291 cm³/mol. The summed E-state index contributed by atoms with van der Waals surface area (Å²) in [5.41, 5.74) is -2.63. The zero-order valence-electron chi connectivity index (χ0n) is 49.2. The van der Waals surface area contributed by atoms with Gasteiger partial charge in [-0.3, -0.25) is 14.4 Å². The lowest BCUT2D eigenvalue weighted by Gasteiger charge is -2.50. The molecule has 79 heavy (non-hydrogen) atoms. The number of nitrogens with one attached hydrogen (secondary N) is 1. The van der Waals surface area contributed by atoms with Crippen molar-refractivity contribution in [1.82, 2.24) is 19.7 Å². The number of rotatable bonds is 18. The molecule has 2 aromatic rings. The minimum Gasteiger partial charge on any atom is -0.492 e. The van der Waals surface area contributed by atoms with E-state index in [1.807, 2.05) is 85.1 Å². The van der Waals surface area contributed by atoms with Gasteiger partial charge >= 0.3 is 18.0 Å². The van der Waals surface area contributed by atoms with E-state index in [0.717, 1.165) is 23.9 Å². The number of hydrogen-bond donors (Lipinski definition) is 3. The van der Waals surface area contributed by atoms with E-state index in [4.69, 9.17) is 47.4 Å². The normalized spacial score (nSPS) is 37.5. The fourth-order valence-corrected chi connectivity index (χ4v) is 13.3. The van der Waals surface area contributed by atoms with E-state index in [9.17, 15) is 34.2 Å². The molecule has 0 bridgehead atoms. The Morgan fingerprint density at radius 1 is 0.899 bits per heavy atom. The van der Waals surface area contributed by atoms with Crippen molar-refractivity contribution in [3.63, 3.8) is 0 Å². The van der Waals surface area contributed by atoms with Crippen molar-refractivity contribution in [2.45, 2.75) is 205 Å². The minimum atomic E-state index is -1.39. The summed E-state index contributed by atoms with van der Waals surface area (Å²) in [7, 11) is 8.93. The summed E-state index contributed by atoms with van der Waals surface area (Å²) in [6.45, 7) is 20.9. The number of amides is 1. The largest absolute Gasteiger partial charge is 0.492 e. The summed E-state index contributed by atoms with van der Waals surface area (Å²) in [6, 6.07) is 2.46. The molecule has 0 unspecified atom stereocenters. The van der Waals surface area contributed by atoms with Crippen LogP contribution in [0.15, 0.2) is 23.1 Å². The van der Waals surface area contributed by atoms with Crippen LogP contribution >= 0.6 is 0 Å². The lowest BCUT2D eigenvalue weighted by molar-refractivity contribution is -0.322. The topological polar surface area (TPSA) is 242 Å². The second kappa shape index (κ2) is 25.5. The van der Waals surface area contributed by atoms with Gasteiger partial charge in [-0.05, 0) is 119 Å². The van der Waals surface area contributed by atoms with Crippen LogP contribution in [0.4, 0.5) is 4.79 Å². The molecule has 0 radical (unpaired) electrons. The molecule has 7 rings (SSSR count). The van der Waals surface area contributed by atoms with Crippen molar-refractivity contribution in [2.75, 3.05) is 61.7 Å². The highest BCUT2D eigenvalue weighted by Crippen LogP contribution is 2.43. The van der Waals surface area contributed by atoms with E-state index < -0.39 is 119 Å². The number of carbonyl (C=O) groups excluding carboxylic acids is 3. The van der Waals surface area contributed by atoms with Gasteiger partial charge in [0.2, 0.25) is 5.43 Å². The monoisotopic (exact) mass is 1110 g/mol. The summed E-state index contributed by atoms with van der Waals surface area (Å²) in [5.74, 6) is -4.64. The fraction of sp³-hybridized carbons (Fsp3) is 0.776. The van der Waals surface area contributed by atoms with Crippen LogP contribution < -0.4 is 15.5 Å². The van der Waals surface area contributed by atoms with E-state index in [1.165, 1.54) is 6.20 Å². The third-order valence-electron chi connectivity index (χ3n) is 17.9. The molecular weight excluding hydrogens is 1020 g/mol. The molecule has 3 N–H and O–H groups in total. The van der Waals surface area contributed by atoms with E-state index in [1.54, 1.807) is 41.1 Å². The van der Waals surface area contributed by atoms with Crippen molar-refractivity contribution in [3.05, 3.63) is 39.7 Å². The third-order valence-corrected chi connectivity index (χ3v) is 17.9. The van der Waals surface area contributed by atoms with Gasteiger partial charge in [0.05, 0.1) is 58.5 Å². The van der Waals surface area contributed by atoms with Crippen LogP contribution in [-0.2, 0) is 65.2 Å². The molecule has 18 atom stereocenters. The number of carboxylic acids is 1. The zero-order valence-corrected chi connectivity index (χ0v) is 49.2. The lowest BCUT2D eigenvalue weighted by atomic mass is 9.73. The molecule has 0 saturated carbocycles. The van der Waals surface area contributed by atoms with Gasteiger partial charge in [-0.15, -0.1) is 0 Å². The highest BCUT2D eigenvalue weighted by Gasteiger charge is 2.58. The number of hydrogen-bond acceptors (Lipinski definition) is 18. The summed E-state index contributed by atoms with van der Waals surface area (Å²) in [6.07, 6.45) is -3.28. The van der Waals surface area contributed by atoms with Crippen LogP contribution in [0.25, 0.3) is 10.9 Å². The molecule has 5 aliphatic rings. The first-order valence-electron chi connectivity index (χ1n) is 28.4. The molecule has 0 spiro atoms. The summed E-state index contributed by atoms with van der Waals surface area (Å²) < 4.78 is 66.8. The smallest absolute Gasteiger partial charge is 0.408 e. The Bertz CT molecular complexity index is 2550. The van der Waals surface area contributed by atoms with Gasteiger partial charge < -0.3 is 77.3 Å². The fourth-order valence-electron chi connectivity index (χ4n) is 13.3. The van der Waals surface area contributed by atoms with Crippen molar-refractivity contribution in [1.29, 1.82) is 0 Å². The number of pyridine rings is 1. The molecular formula is C58H90N4O17. The molecule has 1 aromatic carbocycles. The molecule has 1 aromatic heterocycles. The number of aryl methyl sites for hydroxylation is 2. The molecule has 21 nitrogen and oxygen atoms in total. The maximum atomic E-state index is 14.8. The molecule has 444 valence electrons. The van der Waals surface area contributed by atoms with Crippen LogP contribution in [0.5, 0.6) is 5.75 Å². The van der Waals surface area contributed by atoms with Crippen LogP contribution in [0.2, 0.25) is 0 Å². The average Bonchev–Trinajstić information content (AvgIpc) is 3.83. The second-order valence-electron chi connectivity index (χ2n) is 24.0. The summed E-state index contributed by atoms with van der Waals surface area (Å²) in [5, 5.41) is 24.8. The Morgan fingerprint density at radius 2 is 1.59 bits per heavy atom. The predicted octanol–water partition coefficient (Wildman–Crippen LogP) is 5.58. The second-order valence-corrected chi connectivity index (χ2v) is 24.0. The SMILES string of the molecule is CC[C@H]1OC(=O)[C@H](C)[C@@H](O[C@H]2C[C@@](C)(OC)[C@@H](OCCCN(C)CCOc3cc4c5c(c3)c(=O)c(C(=O)O)cn5CCC4)[C@H](C)O2)[C@H](C)[C@@H](O[C@@H]2O[C@H](C)C[C@H](N(C)C)[C@H]2O)[C@](C)(OC)C[C@@H](C)C(=O)[C@@H](C)[C@H]2NC(=O)O[C@@]21C. The highest BCUT2D eigenvalue weighted by atomic mass is 16.7. The number of benzene rings is 1. The van der Waals surface area contributed by atoms with Gasteiger partial charge in [-0.1, -0.05) is 27.7 Å². The number of alkyl carbamates (subject to hydrolysis) is 1. The lowest BCUT2D eigenvalue weighted by Crippen LogP contribution is -2.61. The highest BCUT2D eigenvalue weighted by molar-refractivity contribution is 5.94. The maximum Gasteiger partial charge on any atom is 0.408 e. The Morgan fingerprint density at radius 3 is 2.25 bits per heavy atom. The van der Waals surface area contributed by atoms with Gasteiger partial charge in [0.15, 0.2) is 18.2 Å². The zero-order chi connectivity index (χ0) is 58.1. The first-order chi connectivity index (χ1) is 37.2. The van der Waals surface area contributed by atoms with Crippen LogP contribution in [0.1, 0.15) is 124 Å². The minimum absolute atomic E-state index is 0.147. The number of cyclic esters (lactones) is 1. The summed E-state index contributed by atoms with van der Waals surface area (Å²) >= 11 is 0.